The highest BCUT2D eigenvalue weighted by Crippen LogP contribution is 2.51. The van der Waals surface area contributed by atoms with Crippen LogP contribution in [0.1, 0.15) is 25.0 Å². The van der Waals surface area contributed by atoms with Crippen LogP contribution in [-0.2, 0) is 5.41 Å². The molecule has 0 N–H and O–H groups in total. The van der Waals surface area contributed by atoms with Crippen molar-refractivity contribution < 1.29 is 0 Å². The van der Waals surface area contributed by atoms with Gasteiger partial charge in [-0.15, -0.1) is 0 Å². The van der Waals surface area contributed by atoms with E-state index in [-0.39, 0.29) is 5.41 Å². The molecule has 58 heavy (non-hydrogen) atoms. The minimum absolute atomic E-state index is 0.156. The molecule has 4 nitrogen and oxygen atoms in total. The summed E-state index contributed by atoms with van der Waals surface area (Å²) in [4.78, 5) is 17.7. The Hall–Kier alpha value is -7.43. The number of nitrogens with zero attached hydrogens (tertiary/aromatic N) is 4. The molecule has 0 aliphatic heterocycles. The Morgan fingerprint density at radius 1 is 0.328 bits per heavy atom. The van der Waals surface area contributed by atoms with Crippen LogP contribution in [0.5, 0.6) is 0 Å². The second-order valence-corrected chi connectivity index (χ2v) is 15.3. The van der Waals surface area contributed by atoms with Gasteiger partial charge in [0.05, 0.1) is 5.69 Å². The monoisotopic (exact) mass is 744 g/mol. The number of fused-ring (bicyclic) bond motifs is 3. The molecule has 1 aliphatic rings. The summed E-state index contributed by atoms with van der Waals surface area (Å²) < 4.78 is 0. The number of hydrogen-bond acceptors (Lipinski definition) is 4. The van der Waals surface area contributed by atoms with Crippen molar-refractivity contribution in [1.82, 2.24) is 15.0 Å². The van der Waals surface area contributed by atoms with Gasteiger partial charge in [0.1, 0.15) is 0 Å². The molecular weight excluding hydrogens is 705 g/mol. The van der Waals surface area contributed by atoms with E-state index < -0.39 is 0 Å². The molecule has 0 fully saturated rings. The van der Waals surface area contributed by atoms with E-state index in [2.05, 4.69) is 164 Å². The number of benzene rings is 8. The van der Waals surface area contributed by atoms with Crippen molar-refractivity contribution in [3.63, 3.8) is 0 Å². The lowest BCUT2D eigenvalue weighted by molar-refractivity contribution is 0.660. The number of para-hydroxylation sites is 1. The molecule has 0 amide bonds. The van der Waals surface area contributed by atoms with E-state index in [4.69, 9.17) is 15.0 Å². The Labute approximate surface area is 339 Å². The number of anilines is 3. The van der Waals surface area contributed by atoms with E-state index in [0.29, 0.717) is 17.5 Å². The molecule has 1 aromatic heterocycles. The Kier molecular flexibility index (Phi) is 8.80. The van der Waals surface area contributed by atoms with Crippen LogP contribution >= 0.6 is 0 Å². The first-order chi connectivity index (χ1) is 28.5. The third-order valence-electron chi connectivity index (χ3n) is 11.3. The molecule has 4 heteroatoms. The molecule has 0 bridgehead atoms. The molecule has 0 spiro atoms. The molecule has 9 aromatic rings. The summed E-state index contributed by atoms with van der Waals surface area (Å²) in [5.41, 5.74) is 15.5. The fourth-order valence-electron chi connectivity index (χ4n) is 8.45. The van der Waals surface area contributed by atoms with Crippen LogP contribution in [0.4, 0.5) is 17.1 Å². The average molecular weight is 745 g/mol. The molecular formula is C54H40N4. The van der Waals surface area contributed by atoms with Crippen molar-refractivity contribution in [1.29, 1.82) is 0 Å². The lowest BCUT2D eigenvalue weighted by atomic mass is 9.82. The zero-order valence-corrected chi connectivity index (χ0v) is 32.4. The third kappa shape index (κ3) is 6.25. The average Bonchev–Trinajstić information content (AvgIpc) is 3.52. The first kappa shape index (κ1) is 35.0. The van der Waals surface area contributed by atoms with E-state index in [1.54, 1.807) is 0 Å². The SMILES string of the molecule is CC1(C)c2ccccc2-c2ccc(N(c3cccc(-c4ccccc4)c3)c3ccccc3-c3ccccc3-c3nc(-c4ccccc4)nc(-c4ccccc4)n3)cc21. The van der Waals surface area contributed by atoms with Crippen LogP contribution in [0.2, 0.25) is 0 Å². The fourth-order valence-corrected chi connectivity index (χ4v) is 8.45. The topological polar surface area (TPSA) is 41.9 Å². The molecule has 8 aromatic carbocycles. The predicted molar refractivity (Wildman–Crippen MR) is 239 cm³/mol. The van der Waals surface area contributed by atoms with Crippen molar-refractivity contribution >= 4 is 17.1 Å². The normalized spacial score (nSPS) is 12.4. The summed E-state index contributed by atoms with van der Waals surface area (Å²) >= 11 is 0. The van der Waals surface area contributed by atoms with Gasteiger partial charge in [-0.25, -0.2) is 15.0 Å². The van der Waals surface area contributed by atoms with E-state index >= 15 is 0 Å². The maximum Gasteiger partial charge on any atom is 0.164 e. The van der Waals surface area contributed by atoms with Crippen molar-refractivity contribution in [3.05, 3.63) is 217 Å². The molecule has 0 unspecified atom stereocenters. The summed E-state index contributed by atoms with van der Waals surface area (Å²) in [7, 11) is 0. The summed E-state index contributed by atoms with van der Waals surface area (Å²) in [5, 5.41) is 0. The van der Waals surface area contributed by atoms with Gasteiger partial charge >= 0.3 is 0 Å². The predicted octanol–water partition coefficient (Wildman–Crippen LogP) is 14.0. The standard InChI is InChI=1S/C54H40N4/c1-54(2)48-31-16-14-28-44(48)45-34-33-42(36-49(45)54)58(41-26-18-25-40(35-41)37-19-6-3-7-20-37)50-32-17-15-29-46(50)43-27-12-13-30-47(43)53-56-51(38-21-8-4-9-22-38)55-52(57-53)39-23-10-5-11-24-39/h3-36H,1-2H3. The molecule has 1 heterocycles. The Morgan fingerprint density at radius 3 is 1.48 bits per heavy atom. The van der Waals surface area contributed by atoms with Crippen LogP contribution in [0.15, 0.2) is 206 Å². The molecule has 0 saturated heterocycles. The van der Waals surface area contributed by atoms with Crippen LogP contribution in [0.3, 0.4) is 0 Å². The molecule has 1 aliphatic carbocycles. The van der Waals surface area contributed by atoms with Gasteiger partial charge in [-0.1, -0.05) is 190 Å². The van der Waals surface area contributed by atoms with Crippen LogP contribution in [0, 0.1) is 0 Å². The summed E-state index contributed by atoms with van der Waals surface area (Å²) in [6.07, 6.45) is 0. The fraction of sp³-hybridized carbons (Fsp3) is 0.0556. The van der Waals surface area contributed by atoms with Gasteiger partial charge < -0.3 is 4.90 Å². The first-order valence-corrected chi connectivity index (χ1v) is 19.8. The summed E-state index contributed by atoms with van der Waals surface area (Å²) in [6.45, 7) is 4.68. The van der Waals surface area contributed by atoms with E-state index in [0.717, 1.165) is 50.4 Å². The Bertz CT molecular complexity index is 2860. The van der Waals surface area contributed by atoms with Crippen molar-refractivity contribution in [2.75, 3.05) is 4.90 Å². The van der Waals surface area contributed by atoms with Gasteiger partial charge in [0.2, 0.25) is 0 Å². The maximum atomic E-state index is 5.16. The number of aromatic nitrogens is 3. The lowest BCUT2D eigenvalue weighted by Gasteiger charge is -2.30. The lowest BCUT2D eigenvalue weighted by Crippen LogP contribution is -2.17. The van der Waals surface area contributed by atoms with Gasteiger partial charge in [0.25, 0.3) is 0 Å². The quantitative estimate of drug-likeness (QED) is 0.155. The van der Waals surface area contributed by atoms with Gasteiger partial charge in [0.15, 0.2) is 17.5 Å². The maximum absolute atomic E-state index is 5.16. The van der Waals surface area contributed by atoms with Crippen molar-refractivity contribution in [3.8, 4) is 67.5 Å². The van der Waals surface area contributed by atoms with Gasteiger partial charge in [0, 0.05) is 39.0 Å². The van der Waals surface area contributed by atoms with Gasteiger partial charge in [-0.2, -0.15) is 0 Å². The minimum Gasteiger partial charge on any atom is -0.310 e. The highest BCUT2D eigenvalue weighted by molar-refractivity contribution is 5.94. The molecule has 276 valence electrons. The Morgan fingerprint density at radius 2 is 0.810 bits per heavy atom. The molecule has 0 atom stereocenters. The van der Waals surface area contributed by atoms with E-state index in [9.17, 15) is 0 Å². The zero-order valence-electron chi connectivity index (χ0n) is 32.4. The molecule has 0 saturated carbocycles. The van der Waals surface area contributed by atoms with Gasteiger partial charge in [-0.3, -0.25) is 0 Å². The van der Waals surface area contributed by atoms with E-state index in [1.807, 2.05) is 60.7 Å². The minimum atomic E-state index is -0.156. The molecule has 10 rings (SSSR count). The third-order valence-corrected chi connectivity index (χ3v) is 11.3. The second-order valence-electron chi connectivity index (χ2n) is 15.3. The Balaban J connectivity index is 1.18. The molecule has 0 radical (unpaired) electrons. The van der Waals surface area contributed by atoms with Crippen LogP contribution in [-0.4, -0.2) is 15.0 Å². The highest BCUT2D eigenvalue weighted by Gasteiger charge is 2.36. The second kappa shape index (κ2) is 14.6. The smallest absolute Gasteiger partial charge is 0.164 e. The summed E-state index contributed by atoms with van der Waals surface area (Å²) in [5.74, 6) is 1.88. The van der Waals surface area contributed by atoms with Crippen LogP contribution < -0.4 is 4.90 Å². The summed E-state index contributed by atoms with van der Waals surface area (Å²) in [6, 6.07) is 72.7. The van der Waals surface area contributed by atoms with E-state index in [1.165, 1.54) is 27.8 Å². The van der Waals surface area contributed by atoms with Crippen molar-refractivity contribution in [2.24, 2.45) is 0 Å². The van der Waals surface area contributed by atoms with Crippen molar-refractivity contribution in [2.45, 2.75) is 19.3 Å². The van der Waals surface area contributed by atoms with Gasteiger partial charge in [-0.05, 0) is 69.3 Å². The van der Waals surface area contributed by atoms with Crippen LogP contribution in [0.25, 0.3) is 67.5 Å². The number of rotatable bonds is 8. The largest absolute Gasteiger partial charge is 0.310 e. The first-order valence-electron chi connectivity index (χ1n) is 19.8. The zero-order chi connectivity index (χ0) is 39.1. The highest BCUT2D eigenvalue weighted by atomic mass is 15.1. The number of hydrogen-bond donors (Lipinski definition) is 0.